The minimum atomic E-state index is -0.528. The van der Waals surface area contributed by atoms with Crippen LogP contribution in [0.25, 0.3) is 5.82 Å². The third kappa shape index (κ3) is 2.25. The lowest BCUT2D eigenvalue weighted by Gasteiger charge is -1.99. The van der Waals surface area contributed by atoms with Crippen molar-refractivity contribution in [1.82, 2.24) is 14.8 Å². The number of hydrogen-bond acceptors (Lipinski definition) is 5. The molecular formula is C11H12N4O2. The molecule has 0 amide bonds. The Balaban J connectivity index is 2.34. The molecule has 2 aromatic rings. The van der Waals surface area contributed by atoms with Crippen LogP contribution in [0.1, 0.15) is 17.4 Å². The van der Waals surface area contributed by atoms with Gasteiger partial charge in [0.1, 0.15) is 0 Å². The van der Waals surface area contributed by atoms with E-state index in [2.05, 4.69) is 10.1 Å². The lowest BCUT2D eigenvalue weighted by Crippen LogP contribution is -2.08. The number of anilines is 1. The van der Waals surface area contributed by atoms with Crippen LogP contribution in [-0.4, -0.2) is 27.3 Å². The monoisotopic (exact) mass is 232 g/mol. The average Bonchev–Trinajstić information content (AvgIpc) is 2.73. The standard InChI is InChI=1S/C11H12N4O2/c1-2-17-11(16)10-8(12)7-15(14-10)9-5-3-4-6-13-9/h3-7H,2,12H2,1H3. The predicted octanol–water partition coefficient (Wildman–Crippen LogP) is 1.03. The summed E-state index contributed by atoms with van der Waals surface area (Å²) < 4.78 is 6.29. The van der Waals surface area contributed by atoms with E-state index < -0.39 is 5.97 Å². The van der Waals surface area contributed by atoms with Crippen LogP contribution in [0.15, 0.2) is 30.6 Å². The summed E-state index contributed by atoms with van der Waals surface area (Å²) in [4.78, 5) is 15.6. The number of nitrogens with two attached hydrogens (primary N) is 1. The topological polar surface area (TPSA) is 83.0 Å². The van der Waals surface area contributed by atoms with Gasteiger partial charge in [-0.1, -0.05) is 6.07 Å². The molecule has 0 unspecified atom stereocenters. The molecule has 0 spiro atoms. The van der Waals surface area contributed by atoms with E-state index in [0.29, 0.717) is 5.82 Å². The Morgan fingerprint density at radius 2 is 2.35 bits per heavy atom. The molecule has 0 fully saturated rings. The Bertz CT molecular complexity index is 522. The number of pyridine rings is 1. The fourth-order valence-corrected chi connectivity index (χ4v) is 1.35. The molecule has 6 heteroatoms. The van der Waals surface area contributed by atoms with E-state index >= 15 is 0 Å². The number of hydrogen-bond donors (Lipinski definition) is 1. The average molecular weight is 232 g/mol. The summed E-state index contributed by atoms with van der Waals surface area (Å²) in [5, 5.41) is 4.05. The van der Waals surface area contributed by atoms with Crippen molar-refractivity contribution >= 4 is 11.7 Å². The Hall–Kier alpha value is -2.37. The van der Waals surface area contributed by atoms with Crippen LogP contribution in [0.5, 0.6) is 0 Å². The molecule has 0 aliphatic carbocycles. The second kappa shape index (κ2) is 4.65. The molecule has 2 rings (SSSR count). The van der Waals surface area contributed by atoms with E-state index in [9.17, 15) is 4.79 Å². The Kier molecular flexibility index (Phi) is 3.04. The highest BCUT2D eigenvalue weighted by atomic mass is 16.5. The quantitative estimate of drug-likeness (QED) is 0.799. The minimum Gasteiger partial charge on any atom is -0.461 e. The van der Waals surface area contributed by atoms with E-state index in [-0.39, 0.29) is 18.0 Å². The van der Waals surface area contributed by atoms with E-state index in [4.69, 9.17) is 10.5 Å². The molecule has 0 aromatic carbocycles. The van der Waals surface area contributed by atoms with E-state index in [0.717, 1.165) is 0 Å². The number of aromatic nitrogens is 3. The number of nitrogen functional groups attached to an aromatic ring is 1. The summed E-state index contributed by atoms with van der Waals surface area (Å²) >= 11 is 0. The SMILES string of the molecule is CCOC(=O)c1nn(-c2ccccn2)cc1N. The van der Waals surface area contributed by atoms with Crippen molar-refractivity contribution < 1.29 is 9.53 Å². The first-order valence-corrected chi connectivity index (χ1v) is 5.16. The predicted molar refractivity (Wildman–Crippen MR) is 61.7 cm³/mol. The largest absolute Gasteiger partial charge is 0.461 e. The lowest BCUT2D eigenvalue weighted by atomic mass is 10.4. The first-order valence-electron chi connectivity index (χ1n) is 5.16. The van der Waals surface area contributed by atoms with Gasteiger partial charge in [-0.3, -0.25) is 0 Å². The van der Waals surface area contributed by atoms with Gasteiger partial charge in [-0.2, -0.15) is 5.10 Å². The van der Waals surface area contributed by atoms with Crippen LogP contribution in [-0.2, 0) is 4.74 Å². The van der Waals surface area contributed by atoms with Gasteiger partial charge in [-0.25, -0.2) is 14.5 Å². The van der Waals surface area contributed by atoms with Crippen molar-refractivity contribution in [3.63, 3.8) is 0 Å². The van der Waals surface area contributed by atoms with Gasteiger partial charge in [0.05, 0.1) is 18.5 Å². The molecule has 2 N–H and O–H groups in total. The van der Waals surface area contributed by atoms with Crippen molar-refractivity contribution in [3.05, 3.63) is 36.3 Å². The minimum absolute atomic E-state index is 0.109. The zero-order valence-corrected chi connectivity index (χ0v) is 9.33. The number of rotatable bonds is 3. The van der Waals surface area contributed by atoms with Gasteiger partial charge in [0.15, 0.2) is 11.5 Å². The second-order valence-electron chi connectivity index (χ2n) is 3.29. The highest BCUT2D eigenvalue weighted by Gasteiger charge is 2.16. The van der Waals surface area contributed by atoms with Crippen LogP contribution >= 0.6 is 0 Å². The van der Waals surface area contributed by atoms with Gasteiger partial charge >= 0.3 is 5.97 Å². The van der Waals surface area contributed by atoms with Gasteiger partial charge in [0.25, 0.3) is 0 Å². The molecule has 0 saturated carbocycles. The molecular weight excluding hydrogens is 220 g/mol. The molecule has 88 valence electrons. The molecule has 6 nitrogen and oxygen atoms in total. The summed E-state index contributed by atoms with van der Waals surface area (Å²) in [7, 11) is 0. The molecule has 0 aliphatic rings. The first-order chi connectivity index (χ1) is 8.22. The van der Waals surface area contributed by atoms with Gasteiger partial charge in [0.2, 0.25) is 0 Å². The number of ether oxygens (including phenoxy) is 1. The smallest absolute Gasteiger partial charge is 0.361 e. The summed E-state index contributed by atoms with van der Waals surface area (Å²) in [6, 6.07) is 5.38. The molecule has 0 atom stereocenters. The number of carbonyl (C=O) groups excluding carboxylic acids is 1. The number of nitrogens with zero attached hydrogens (tertiary/aromatic N) is 3. The van der Waals surface area contributed by atoms with Crippen LogP contribution in [0.2, 0.25) is 0 Å². The Labute approximate surface area is 98.0 Å². The van der Waals surface area contributed by atoms with Crippen molar-refractivity contribution in [2.24, 2.45) is 0 Å². The van der Waals surface area contributed by atoms with Gasteiger partial charge in [-0.15, -0.1) is 0 Å². The van der Waals surface area contributed by atoms with Crippen LogP contribution in [0.4, 0.5) is 5.69 Å². The first kappa shape index (κ1) is 11.1. The van der Waals surface area contributed by atoms with E-state index in [1.54, 1.807) is 25.3 Å². The van der Waals surface area contributed by atoms with Crippen molar-refractivity contribution in [3.8, 4) is 5.82 Å². The summed E-state index contributed by atoms with van der Waals surface area (Å²) in [6.45, 7) is 2.01. The van der Waals surface area contributed by atoms with Crippen molar-refractivity contribution in [2.75, 3.05) is 12.3 Å². The third-order valence-electron chi connectivity index (χ3n) is 2.10. The highest BCUT2D eigenvalue weighted by Crippen LogP contribution is 2.13. The molecule has 0 saturated heterocycles. The van der Waals surface area contributed by atoms with E-state index in [1.165, 1.54) is 10.9 Å². The second-order valence-corrected chi connectivity index (χ2v) is 3.29. The maximum absolute atomic E-state index is 11.5. The number of esters is 1. The van der Waals surface area contributed by atoms with Crippen molar-refractivity contribution in [1.29, 1.82) is 0 Å². The highest BCUT2D eigenvalue weighted by molar-refractivity contribution is 5.92. The van der Waals surface area contributed by atoms with Gasteiger partial charge in [0, 0.05) is 6.20 Å². The summed E-state index contributed by atoms with van der Waals surface area (Å²) in [6.07, 6.45) is 3.17. The van der Waals surface area contributed by atoms with Crippen molar-refractivity contribution in [2.45, 2.75) is 6.92 Å². The summed E-state index contributed by atoms with van der Waals surface area (Å²) in [5.41, 5.74) is 6.08. The molecule has 0 aliphatic heterocycles. The van der Waals surface area contributed by atoms with Gasteiger partial charge in [-0.05, 0) is 19.1 Å². The molecule has 2 heterocycles. The Morgan fingerprint density at radius 1 is 1.53 bits per heavy atom. The molecule has 2 aromatic heterocycles. The third-order valence-corrected chi connectivity index (χ3v) is 2.10. The normalized spacial score (nSPS) is 10.2. The van der Waals surface area contributed by atoms with Crippen LogP contribution in [0, 0.1) is 0 Å². The zero-order valence-electron chi connectivity index (χ0n) is 9.33. The van der Waals surface area contributed by atoms with Crippen LogP contribution < -0.4 is 5.73 Å². The fourth-order valence-electron chi connectivity index (χ4n) is 1.35. The zero-order chi connectivity index (χ0) is 12.3. The lowest BCUT2D eigenvalue weighted by molar-refractivity contribution is 0.0520. The fraction of sp³-hybridized carbons (Fsp3) is 0.182. The van der Waals surface area contributed by atoms with E-state index in [1.807, 2.05) is 6.07 Å². The molecule has 0 radical (unpaired) electrons. The Morgan fingerprint density at radius 3 is 3.00 bits per heavy atom. The van der Waals surface area contributed by atoms with Gasteiger partial charge < -0.3 is 10.5 Å². The maximum Gasteiger partial charge on any atom is 0.361 e. The summed E-state index contributed by atoms with van der Waals surface area (Å²) in [5.74, 6) is 0.0643. The number of carbonyl (C=O) groups is 1. The molecule has 0 bridgehead atoms. The maximum atomic E-state index is 11.5. The molecule has 17 heavy (non-hydrogen) atoms. The van der Waals surface area contributed by atoms with Crippen LogP contribution in [0.3, 0.4) is 0 Å².